The summed E-state index contributed by atoms with van der Waals surface area (Å²) < 4.78 is 4.98. The number of esters is 2. The highest BCUT2D eigenvalue weighted by atomic mass is 16.6. The maximum absolute atomic E-state index is 12.0. The molecule has 80 valence electrons. The monoisotopic (exact) mass is 206 g/mol. The molecule has 1 aliphatic heterocycles. The van der Waals surface area contributed by atoms with Crippen molar-refractivity contribution in [3.8, 4) is 0 Å². The first-order valence-electron chi connectivity index (χ1n) is 5.98. The van der Waals surface area contributed by atoms with Crippen LogP contribution in [0.4, 0.5) is 0 Å². The topological polar surface area (TPSA) is 43.4 Å². The van der Waals surface area contributed by atoms with Gasteiger partial charge in [-0.05, 0) is 43.9 Å². The fourth-order valence-corrected chi connectivity index (χ4v) is 5.27. The Bertz CT molecular complexity index is 354. The van der Waals surface area contributed by atoms with Crippen molar-refractivity contribution in [1.29, 1.82) is 0 Å². The summed E-state index contributed by atoms with van der Waals surface area (Å²) in [6.07, 6.45) is 6.20. The molecule has 4 atom stereocenters. The fraction of sp³-hybridized carbons (Fsp3) is 0.833. The number of cyclic esters (lactones) is 2. The summed E-state index contributed by atoms with van der Waals surface area (Å²) in [5.41, 5.74) is -0.736. The Morgan fingerprint density at radius 2 is 1.53 bits per heavy atom. The van der Waals surface area contributed by atoms with Crippen LogP contribution in [-0.4, -0.2) is 11.9 Å². The minimum Gasteiger partial charge on any atom is -0.392 e. The molecule has 3 heteroatoms. The summed E-state index contributed by atoms with van der Waals surface area (Å²) in [6.45, 7) is 0. The second-order valence-electron chi connectivity index (χ2n) is 5.68. The van der Waals surface area contributed by atoms with Gasteiger partial charge in [0.25, 0.3) is 0 Å². The molecular weight excluding hydrogens is 192 g/mol. The van der Waals surface area contributed by atoms with E-state index in [4.69, 9.17) is 4.74 Å². The van der Waals surface area contributed by atoms with Crippen molar-refractivity contribution in [2.75, 3.05) is 0 Å². The van der Waals surface area contributed by atoms with Gasteiger partial charge in [-0.2, -0.15) is 0 Å². The van der Waals surface area contributed by atoms with Gasteiger partial charge in [0.15, 0.2) is 0 Å². The molecule has 4 unspecified atom stereocenters. The third-order valence-electron chi connectivity index (χ3n) is 5.68. The van der Waals surface area contributed by atoms with Crippen molar-refractivity contribution in [2.45, 2.75) is 38.5 Å². The third-order valence-corrected chi connectivity index (χ3v) is 5.68. The lowest BCUT2D eigenvalue weighted by molar-refractivity contribution is -0.158. The molecule has 0 amide bonds. The van der Waals surface area contributed by atoms with Crippen molar-refractivity contribution in [3.63, 3.8) is 0 Å². The lowest BCUT2D eigenvalue weighted by atomic mass is 9.59. The van der Waals surface area contributed by atoms with E-state index in [1.165, 1.54) is 0 Å². The SMILES string of the molecule is O=C1OC(=O)C23CCCC12C1CCC3C1. The maximum Gasteiger partial charge on any atom is 0.321 e. The Morgan fingerprint density at radius 1 is 1.00 bits per heavy atom. The number of fused-ring (bicyclic) bond motifs is 2. The van der Waals surface area contributed by atoms with Gasteiger partial charge >= 0.3 is 11.9 Å². The van der Waals surface area contributed by atoms with E-state index in [0.29, 0.717) is 11.8 Å². The molecule has 4 aliphatic rings. The van der Waals surface area contributed by atoms with Crippen LogP contribution >= 0.6 is 0 Å². The van der Waals surface area contributed by atoms with Gasteiger partial charge in [0.1, 0.15) is 0 Å². The lowest BCUT2D eigenvalue weighted by Gasteiger charge is -2.37. The number of ether oxygens (including phenoxy) is 1. The van der Waals surface area contributed by atoms with Crippen molar-refractivity contribution in [3.05, 3.63) is 0 Å². The minimum absolute atomic E-state index is 0.183. The Labute approximate surface area is 88.2 Å². The van der Waals surface area contributed by atoms with E-state index < -0.39 is 0 Å². The van der Waals surface area contributed by atoms with Gasteiger partial charge < -0.3 is 4.74 Å². The molecular formula is C12H14O3. The van der Waals surface area contributed by atoms with Gasteiger partial charge in [0, 0.05) is 0 Å². The van der Waals surface area contributed by atoms with E-state index in [9.17, 15) is 9.59 Å². The number of hydrogen-bond donors (Lipinski definition) is 0. The van der Waals surface area contributed by atoms with E-state index in [1.54, 1.807) is 0 Å². The Kier molecular flexibility index (Phi) is 1.18. The van der Waals surface area contributed by atoms with Gasteiger partial charge in [-0.15, -0.1) is 0 Å². The van der Waals surface area contributed by atoms with Gasteiger partial charge in [-0.1, -0.05) is 6.42 Å². The summed E-state index contributed by atoms with van der Waals surface area (Å²) in [7, 11) is 0. The number of hydrogen-bond acceptors (Lipinski definition) is 3. The first-order chi connectivity index (χ1) is 7.22. The Balaban J connectivity index is 2.01. The fourth-order valence-electron chi connectivity index (χ4n) is 5.27. The first kappa shape index (κ1) is 8.31. The number of carbonyl (C=O) groups is 2. The highest BCUT2D eigenvalue weighted by Crippen LogP contribution is 2.76. The van der Waals surface area contributed by atoms with Crippen LogP contribution < -0.4 is 0 Å². The van der Waals surface area contributed by atoms with Crippen molar-refractivity contribution >= 4 is 11.9 Å². The van der Waals surface area contributed by atoms with Gasteiger partial charge in [0.2, 0.25) is 0 Å². The number of carbonyl (C=O) groups excluding carboxylic acids is 2. The second-order valence-corrected chi connectivity index (χ2v) is 5.68. The molecule has 3 aliphatic carbocycles. The molecule has 1 saturated heterocycles. The molecule has 0 aromatic heterocycles. The van der Waals surface area contributed by atoms with Crippen LogP contribution in [0.2, 0.25) is 0 Å². The average Bonchev–Trinajstić information content (AvgIpc) is 2.89. The Morgan fingerprint density at radius 3 is 2.07 bits per heavy atom. The highest BCUT2D eigenvalue weighted by Gasteiger charge is 2.80. The van der Waals surface area contributed by atoms with Crippen LogP contribution in [0, 0.1) is 22.7 Å². The first-order valence-corrected chi connectivity index (χ1v) is 5.98. The van der Waals surface area contributed by atoms with Crippen LogP contribution in [0.5, 0.6) is 0 Å². The minimum atomic E-state index is -0.368. The molecule has 0 aromatic rings. The highest BCUT2D eigenvalue weighted by molar-refractivity contribution is 6.03. The number of rotatable bonds is 0. The molecule has 15 heavy (non-hydrogen) atoms. The van der Waals surface area contributed by atoms with Gasteiger partial charge in [0.05, 0.1) is 10.8 Å². The molecule has 0 aromatic carbocycles. The smallest absolute Gasteiger partial charge is 0.321 e. The zero-order valence-corrected chi connectivity index (χ0v) is 8.62. The van der Waals surface area contributed by atoms with Crippen LogP contribution in [-0.2, 0) is 14.3 Å². The zero-order valence-electron chi connectivity index (χ0n) is 8.62. The van der Waals surface area contributed by atoms with Crippen LogP contribution in [0.3, 0.4) is 0 Å². The summed E-state index contributed by atoms with van der Waals surface area (Å²) in [5, 5.41) is 0. The van der Waals surface area contributed by atoms with Crippen LogP contribution in [0.15, 0.2) is 0 Å². The van der Waals surface area contributed by atoms with Crippen LogP contribution in [0.1, 0.15) is 38.5 Å². The molecule has 2 bridgehead atoms. The van der Waals surface area contributed by atoms with E-state index in [2.05, 4.69) is 0 Å². The summed E-state index contributed by atoms with van der Waals surface area (Å²) in [6, 6.07) is 0. The average molecular weight is 206 g/mol. The normalized spacial score (nSPS) is 55.7. The quantitative estimate of drug-likeness (QED) is 0.447. The van der Waals surface area contributed by atoms with E-state index in [0.717, 1.165) is 38.5 Å². The van der Waals surface area contributed by atoms with Crippen molar-refractivity contribution in [1.82, 2.24) is 0 Å². The predicted octanol–water partition coefficient (Wildman–Crippen LogP) is 1.66. The summed E-state index contributed by atoms with van der Waals surface area (Å²) in [4.78, 5) is 24.0. The van der Waals surface area contributed by atoms with Crippen LogP contribution in [0.25, 0.3) is 0 Å². The van der Waals surface area contributed by atoms with Gasteiger partial charge in [-0.3, -0.25) is 9.59 Å². The summed E-state index contributed by atoms with van der Waals surface area (Å²) in [5.74, 6) is 0.530. The van der Waals surface area contributed by atoms with E-state index in [-0.39, 0.29) is 22.8 Å². The van der Waals surface area contributed by atoms with E-state index >= 15 is 0 Å². The van der Waals surface area contributed by atoms with Crippen molar-refractivity contribution < 1.29 is 14.3 Å². The lowest BCUT2D eigenvalue weighted by Crippen LogP contribution is -2.45. The molecule has 3 nitrogen and oxygen atoms in total. The van der Waals surface area contributed by atoms with Gasteiger partial charge in [-0.25, -0.2) is 0 Å². The molecule has 0 N–H and O–H groups in total. The summed E-state index contributed by atoms with van der Waals surface area (Å²) >= 11 is 0. The third kappa shape index (κ3) is 0.577. The molecule has 0 radical (unpaired) electrons. The second kappa shape index (κ2) is 2.13. The standard InChI is InChI=1S/C12H14O3/c13-9-11-4-1-5-12(11,10(14)15-9)8-3-2-7(11)6-8/h7-8H,1-6H2. The largest absolute Gasteiger partial charge is 0.392 e. The zero-order chi connectivity index (χ0) is 10.3. The molecule has 4 rings (SSSR count). The van der Waals surface area contributed by atoms with Crippen molar-refractivity contribution in [2.24, 2.45) is 22.7 Å². The van der Waals surface area contributed by atoms with E-state index in [1.807, 2.05) is 0 Å². The predicted molar refractivity (Wildman–Crippen MR) is 50.6 cm³/mol. The molecule has 4 fully saturated rings. The maximum atomic E-state index is 12.0. The molecule has 0 spiro atoms. The molecule has 3 saturated carbocycles. The Hall–Kier alpha value is -0.860. The molecule has 1 heterocycles.